The molecule has 2 N–H and O–H groups in total. The van der Waals surface area contributed by atoms with Crippen molar-refractivity contribution >= 4 is 18.0 Å². The predicted octanol–water partition coefficient (Wildman–Crippen LogP) is 3.40. The highest BCUT2D eigenvalue weighted by molar-refractivity contribution is 5.92. The van der Waals surface area contributed by atoms with E-state index >= 15 is 0 Å². The van der Waals surface area contributed by atoms with E-state index in [9.17, 15) is 23.2 Å². The van der Waals surface area contributed by atoms with Gasteiger partial charge in [-0.05, 0) is 22.3 Å². The molecular weight excluding hydrogens is 434 g/mol. The molecule has 1 aliphatic carbocycles. The molecule has 4 rings (SSSR count). The van der Waals surface area contributed by atoms with E-state index in [0.717, 1.165) is 28.3 Å². The van der Waals surface area contributed by atoms with Crippen LogP contribution in [0.2, 0.25) is 0 Å². The van der Waals surface area contributed by atoms with Gasteiger partial charge in [-0.3, -0.25) is 4.79 Å². The summed E-state index contributed by atoms with van der Waals surface area (Å²) in [5, 5.41) is 11.5. The Morgan fingerprint density at radius 3 is 2.30 bits per heavy atom. The number of fused-ring (bicyclic) bond motifs is 3. The molecule has 9 heteroatoms. The number of carbonyl (C=O) groups excluding carboxylic acids is 2. The normalized spacial score (nSPS) is 18.7. The molecule has 7 nitrogen and oxygen atoms in total. The summed E-state index contributed by atoms with van der Waals surface area (Å²) in [6, 6.07) is 14.3. The molecule has 1 heterocycles. The van der Waals surface area contributed by atoms with E-state index in [1.807, 2.05) is 48.5 Å². The number of rotatable bonds is 6. The Morgan fingerprint density at radius 1 is 1.09 bits per heavy atom. The van der Waals surface area contributed by atoms with Gasteiger partial charge in [0.15, 0.2) is 0 Å². The fourth-order valence-electron chi connectivity index (χ4n) is 4.32. The van der Waals surface area contributed by atoms with Gasteiger partial charge in [-0.15, -0.1) is 0 Å². The molecule has 0 radical (unpaired) electrons. The standard InChI is InChI=1S/C24H22F2N2O5/c25-24(26)12-20(22(30)31)28(14-24)21(29)10-5-11-27-23(32)33-13-19-17-8-3-1-6-15(17)16-7-2-4-9-18(16)19/h1-10,19-20H,11-14H2,(H,27,32)(H,30,31)/b10-5+/t20-/m0/s1. The van der Waals surface area contributed by atoms with E-state index < -0.39 is 42.9 Å². The molecular formula is C24H22F2N2O5. The molecule has 2 amide bonds. The molecule has 0 saturated carbocycles. The zero-order chi connectivity index (χ0) is 23.6. The summed E-state index contributed by atoms with van der Waals surface area (Å²) >= 11 is 0. The van der Waals surface area contributed by atoms with Crippen LogP contribution in [0.3, 0.4) is 0 Å². The van der Waals surface area contributed by atoms with Crippen molar-refractivity contribution in [1.82, 2.24) is 10.2 Å². The summed E-state index contributed by atoms with van der Waals surface area (Å²) in [6.07, 6.45) is 0.630. The Balaban J connectivity index is 1.29. The van der Waals surface area contributed by atoms with Crippen LogP contribution in [0.15, 0.2) is 60.7 Å². The van der Waals surface area contributed by atoms with Crippen molar-refractivity contribution in [2.24, 2.45) is 0 Å². The molecule has 2 aromatic rings. The first-order valence-electron chi connectivity index (χ1n) is 10.4. The van der Waals surface area contributed by atoms with Gasteiger partial charge in [0.1, 0.15) is 12.6 Å². The fraction of sp³-hybridized carbons (Fsp3) is 0.292. The molecule has 2 aromatic carbocycles. The molecule has 2 aliphatic rings. The summed E-state index contributed by atoms with van der Waals surface area (Å²) in [5.41, 5.74) is 4.37. The van der Waals surface area contributed by atoms with Crippen LogP contribution < -0.4 is 5.32 Å². The average Bonchev–Trinajstić information content (AvgIpc) is 3.29. The SMILES string of the molecule is O=C(NC/C=C/C(=O)N1CC(F)(F)C[C@H]1C(=O)O)OCC1c2ccccc2-c2ccccc21. The highest BCUT2D eigenvalue weighted by Gasteiger charge is 2.49. The third-order valence-electron chi connectivity index (χ3n) is 5.81. The number of amides is 2. The predicted molar refractivity (Wildman–Crippen MR) is 115 cm³/mol. The van der Waals surface area contributed by atoms with Gasteiger partial charge >= 0.3 is 12.1 Å². The topological polar surface area (TPSA) is 95.9 Å². The minimum atomic E-state index is -3.24. The summed E-state index contributed by atoms with van der Waals surface area (Å²) < 4.78 is 32.4. The Kier molecular flexibility index (Phi) is 6.13. The summed E-state index contributed by atoms with van der Waals surface area (Å²) in [6.45, 7) is -0.900. The van der Waals surface area contributed by atoms with Crippen LogP contribution >= 0.6 is 0 Å². The number of hydrogen-bond donors (Lipinski definition) is 2. The first kappa shape index (κ1) is 22.4. The van der Waals surface area contributed by atoms with Gasteiger partial charge in [-0.2, -0.15) is 0 Å². The lowest BCUT2D eigenvalue weighted by molar-refractivity contribution is -0.146. The number of aliphatic carboxylic acids is 1. The Hall–Kier alpha value is -3.75. The first-order chi connectivity index (χ1) is 15.8. The van der Waals surface area contributed by atoms with Gasteiger partial charge in [0.25, 0.3) is 5.92 Å². The largest absolute Gasteiger partial charge is 0.480 e. The third-order valence-corrected chi connectivity index (χ3v) is 5.81. The molecule has 1 saturated heterocycles. The summed E-state index contributed by atoms with van der Waals surface area (Å²) in [5.74, 6) is -5.67. The molecule has 1 aliphatic heterocycles. The highest BCUT2D eigenvalue weighted by Crippen LogP contribution is 2.44. The number of likely N-dealkylation sites (tertiary alicyclic amines) is 1. The van der Waals surface area contributed by atoms with Crippen molar-refractivity contribution in [3.8, 4) is 11.1 Å². The molecule has 172 valence electrons. The van der Waals surface area contributed by atoms with Gasteiger partial charge in [0, 0.05) is 25.0 Å². The number of alkyl carbamates (subject to hydrolysis) is 1. The maximum atomic E-state index is 13.5. The first-order valence-corrected chi connectivity index (χ1v) is 10.4. The molecule has 1 fully saturated rings. The van der Waals surface area contributed by atoms with Crippen LogP contribution in [0.5, 0.6) is 0 Å². The van der Waals surface area contributed by atoms with Crippen molar-refractivity contribution in [2.45, 2.75) is 24.3 Å². The molecule has 1 atom stereocenters. The lowest BCUT2D eigenvalue weighted by atomic mass is 9.98. The molecule has 0 spiro atoms. The van der Waals surface area contributed by atoms with Crippen molar-refractivity contribution in [3.05, 3.63) is 71.8 Å². The Morgan fingerprint density at radius 2 is 1.70 bits per heavy atom. The number of nitrogens with one attached hydrogen (secondary N) is 1. The minimum Gasteiger partial charge on any atom is -0.480 e. The maximum Gasteiger partial charge on any atom is 0.407 e. The van der Waals surface area contributed by atoms with E-state index in [4.69, 9.17) is 9.84 Å². The number of benzene rings is 2. The highest BCUT2D eigenvalue weighted by atomic mass is 19.3. The van der Waals surface area contributed by atoms with Gasteiger partial charge in [-0.25, -0.2) is 18.4 Å². The number of carbonyl (C=O) groups is 3. The van der Waals surface area contributed by atoms with E-state index in [2.05, 4.69) is 5.32 Å². The summed E-state index contributed by atoms with van der Waals surface area (Å²) in [7, 11) is 0. The van der Waals surface area contributed by atoms with Crippen LogP contribution in [0.4, 0.5) is 13.6 Å². The lowest BCUT2D eigenvalue weighted by Crippen LogP contribution is -2.40. The molecule has 33 heavy (non-hydrogen) atoms. The Labute approximate surface area is 188 Å². The second-order valence-electron chi connectivity index (χ2n) is 7.99. The smallest absolute Gasteiger partial charge is 0.407 e. The van der Waals surface area contributed by atoms with Gasteiger partial charge in [0.05, 0.1) is 6.54 Å². The second kappa shape index (κ2) is 9.01. The minimum absolute atomic E-state index is 0.0790. The van der Waals surface area contributed by atoms with Gasteiger partial charge in [-0.1, -0.05) is 54.6 Å². The number of alkyl halides is 2. The van der Waals surface area contributed by atoms with E-state index in [-0.39, 0.29) is 19.1 Å². The van der Waals surface area contributed by atoms with Crippen LogP contribution in [-0.4, -0.2) is 59.6 Å². The fourth-order valence-corrected chi connectivity index (χ4v) is 4.32. The monoisotopic (exact) mass is 456 g/mol. The van der Waals surface area contributed by atoms with Crippen molar-refractivity contribution in [1.29, 1.82) is 0 Å². The number of halogens is 2. The molecule has 0 aromatic heterocycles. The van der Waals surface area contributed by atoms with Gasteiger partial charge in [0.2, 0.25) is 5.91 Å². The van der Waals surface area contributed by atoms with Crippen LogP contribution in [0.1, 0.15) is 23.5 Å². The molecule has 0 bridgehead atoms. The zero-order valence-corrected chi connectivity index (χ0v) is 17.5. The Bertz CT molecular complexity index is 1070. The van der Waals surface area contributed by atoms with Crippen molar-refractivity contribution < 1.29 is 33.0 Å². The number of ether oxygens (including phenoxy) is 1. The van der Waals surface area contributed by atoms with E-state index in [1.165, 1.54) is 6.08 Å². The van der Waals surface area contributed by atoms with Crippen LogP contribution in [0.25, 0.3) is 11.1 Å². The molecule has 0 unspecified atom stereocenters. The third kappa shape index (κ3) is 4.72. The van der Waals surface area contributed by atoms with Crippen molar-refractivity contribution in [3.63, 3.8) is 0 Å². The zero-order valence-electron chi connectivity index (χ0n) is 17.5. The second-order valence-corrected chi connectivity index (χ2v) is 7.99. The number of carboxylic acid groups (broad SMARTS) is 1. The van der Waals surface area contributed by atoms with Crippen LogP contribution in [-0.2, 0) is 14.3 Å². The lowest BCUT2D eigenvalue weighted by Gasteiger charge is -2.18. The number of hydrogen-bond acceptors (Lipinski definition) is 4. The van der Waals surface area contributed by atoms with E-state index in [1.54, 1.807) is 0 Å². The number of nitrogens with zero attached hydrogens (tertiary/aromatic N) is 1. The number of carboxylic acids is 1. The van der Waals surface area contributed by atoms with Gasteiger partial charge < -0.3 is 20.1 Å². The summed E-state index contributed by atoms with van der Waals surface area (Å²) in [4.78, 5) is 36.0. The average molecular weight is 456 g/mol. The quantitative estimate of drug-likeness (QED) is 0.650. The maximum absolute atomic E-state index is 13.5. The van der Waals surface area contributed by atoms with Crippen LogP contribution in [0, 0.1) is 0 Å². The van der Waals surface area contributed by atoms with Crippen molar-refractivity contribution in [2.75, 3.05) is 19.7 Å². The van der Waals surface area contributed by atoms with E-state index in [0.29, 0.717) is 4.90 Å².